The zero-order valence-corrected chi connectivity index (χ0v) is 12.6. The molecule has 0 aliphatic carbocycles. The third-order valence-electron chi connectivity index (χ3n) is 3.77. The highest BCUT2D eigenvalue weighted by atomic mass is 16.5. The lowest BCUT2D eigenvalue weighted by atomic mass is 9.94. The van der Waals surface area contributed by atoms with Crippen molar-refractivity contribution in [2.24, 2.45) is 5.92 Å². The van der Waals surface area contributed by atoms with Crippen molar-refractivity contribution in [3.63, 3.8) is 0 Å². The number of esters is 1. The van der Waals surface area contributed by atoms with Crippen LogP contribution in [0.4, 0.5) is 4.79 Å². The van der Waals surface area contributed by atoms with E-state index in [4.69, 9.17) is 15.1 Å². The van der Waals surface area contributed by atoms with Gasteiger partial charge in [-0.05, 0) is 30.9 Å². The van der Waals surface area contributed by atoms with Crippen LogP contribution in [0.15, 0.2) is 24.9 Å². The van der Waals surface area contributed by atoms with Crippen molar-refractivity contribution in [3.8, 4) is 6.07 Å². The molecule has 1 aliphatic heterocycles. The van der Waals surface area contributed by atoms with E-state index in [1.54, 1.807) is 6.07 Å². The minimum absolute atomic E-state index is 0.109. The average Bonchev–Trinajstić information content (AvgIpc) is 2.55. The Bertz CT molecular complexity index is 658. The highest BCUT2D eigenvalue weighted by Crippen LogP contribution is 2.23. The number of carboxylic acid groups (broad SMARTS) is 1. The number of aromatic nitrogens is 1. The predicted octanol–water partition coefficient (Wildman–Crippen LogP) is 2.25. The van der Waals surface area contributed by atoms with Gasteiger partial charge >= 0.3 is 12.1 Å². The SMILES string of the molecule is C=C(OC(=O)CC1CCN(C(=O)O)CC1)c1ccnc(C#N)c1. The Kier molecular flexibility index (Phi) is 5.31. The van der Waals surface area contributed by atoms with E-state index in [0.29, 0.717) is 31.5 Å². The first kappa shape index (κ1) is 16.5. The number of rotatable bonds is 4. The molecule has 120 valence electrons. The van der Waals surface area contributed by atoms with Crippen LogP contribution in [0.2, 0.25) is 0 Å². The van der Waals surface area contributed by atoms with Crippen molar-refractivity contribution in [1.29, 1.82) is 5.26 Å². The molecule has 1 aromatic heterocycles. The molecule has 7 heteroatoms. The van der Waals surface area contributed by atoms with Crippen LogP contribution in [0, 0.1) is 17.2 Å². The molecule has 0 saturated carbocycles. The summed E-state index contributed by atoms with van der Waals surface area (Å²) in [4.78, 5) is 28.0. The zero-order valence-electron chi connectivity index (χ0n) is 12.6. The molecule has 1 N–H and O–H groups in total. The van der Waals surface area contributed by atoms with Gasteiger partial charge in [0.05, 0.1) is 0 Å². The van der Waals surface area contributed by atoms with E-state index >= 15 is 0 Å². The number of carbonyl (C=O) groups excluding carboxylic acids is 1. The fourth-order valence-corrected chi connectivity index (χ4v) is 2.47. The number of carbonyl (C=O) groups is 2. The van der Waals surface area contributed by atoms with Crippen LogP contribution >= 0.6 is 0 Å². The first-order valence-corrected chi connectivity index (χ1v) is 7.23. The molecule has 0 radical (unpaired) electrons. The van der Waals surface area contributed by atoms with Gasteiger partial charge in [0.15, 0.2) is 0 Å². The maximum absolute atomic E-state index is 12.0. The Hall–Kier alpha value is -2.88. The van der Waals surface area contributed by atoms with Crippen LogP contribution in [-0.4, -0.2) is 40.1 Å². The van der Waals surface area contributed by atoms with Crippen LogP contribution in [-0.2, 0) is 9.53 Å². The highest BCUT2D eigenvalue weighted by molar-refractivity contribution is 5.77. The van der Waals surface area contributed by atoms with E-state index in [0.717, 1.165) is 0 Å². The molecule has 1 saturated heterocycles. The first-order valence-electron chi connectivity index (χ1n) is 7.23. The molecular weight excluding hydrogens is 298 g/mol. The summed E-state index contributed by atoms with van der Waals surface area (Å²) in [5.74, 6) is -0.117. The number of pyridine rings is 1. The number of amides is 1. The van der Waals surface area contributed by atoms with Crippen LogP contribution in [0.5, 0.6) is 0 Å². The Morgan fingerprint density at radius 1 is 1.48 bits per heavy atom. The summed E-state index contributed by atoms with van der Waals surface area (Å²) in [5, 5.41) is 17.7. The fourth-order valence-electron chi connectivity index (χ4n) is 2.47. The molecule has 7 nitrogen and oxygen atoms in total. The Morgan fingerprint density at radius 2 is 2.17 bits per heavy atom. The van der Waals surface area contributed by atoms with Crippen LogP contribution in [0.25, 0.3) is 5.76 Å². The summed E-state index contributed by atoms with van der Waals surface area (Å²) >= 11 is 0. The number of piperidine rings is 1. The van der Waals surface area contributed by atoms with Gasteiger partial charge in [0.2, 0.25) is 0 Å². The molecule has 0 aromatic carbocycles. The number of likely N-dealkylation sites (tertiary alicyclic amines) is 1. The molecule has 23 heavy (non-hydrogen) atoms. The highest BCUT2D eigenvalue weighted by Gasteiger charge is 2.24. The topological polar surface area (TPSA) is 104 Å². The number of hydrogen-bond donors (Lipinski definition) is 1. The summed E-state index contributed by atoms with van der Waals surface area (Å²) in [7, 11) is 0. The lowest BCUT2D eigenvalue weighted by Crippen LogP contribution is -2.37. The van der Waals surface area contributed by atoms with E-state index in [2.05, 4.69) is 11.6 Å². The van der Waals surface area contributed by atoms with E-state index in [1.807, 2.05) is 6.07 Å². The van der Waals surface area contributed by atoms with E-state index < -0.39 is 12.1 Å². The number of nitrogens with zero attached hydrogens (tertiary/aromatic N) is 3. The van der Waals surface area contributed by atoms with E-state index in [9.17, 15) is 9.59 Å². The van der Waals surface area contributed by atoms with Crippen molar-refractivity contribution in [2.45, 2.75) is 19.3 Å². The van der Waals surface area contributed by atoms with Gasteiger partial charge in [0.1, 0.15) is 17.5 Å². The Balaban J connectivity index is 1.84. The lowest BCUT2D eigenvalue weighted by molar-refractivity contribution is -0.138. The molecule has 0 bridgehead atoms. The Labute approximate surface area is 133 Å². The average molecular weight is 315 g/mol. The predicted molar refractivity (Wildman–Crippen MR) is 81.0 cm³/mol. The number of ether oxygens (including phenoxy) is 1. The molecule has 2 heterocycles. The summed E-state index contributed by atoms with van der Waals surface area (Å²) in [5.41, 5.74) is 0.756. The fraction of sp³-hybridized carbons (Fsp3) is 0.375. The molecule has 1 aliphatic rings. The molecule has 1 fully saturated rings. The van der Waals surface area contributed by atoms with Gasteiger partial charge in [-0.1, -0.05) is 6.58 Å². The second-order valence-electron chi connectivity index (χ2n) is 5.36. The van der Waals surface area contributed by atoms with Crippen molar-refractivity contribution in [2.75, 3.05) is 13.1 Å². The monoisotopic (exact) mass is 315 g/mol. The van der Waals surface area contributed by atoms with Crippen LogP contribution < -0.4 is 0 Å². The van der Waals surface area contributed by atoms with Crippen LogP contribution in [0.3, 0.4) is 0 Å². The van der Waals surface area contributed by atoms with E-state index in [-0.39, 0.29) is 23.8 Å². The summed E-state index contributed by atoms with van der Waals surface area (Å²) < 4.78 is 5.21. The molecule has 0 spiro atoms. The minimum Gasteiger partial charge on any atom is -0.465 e. The van der Waals surface area contributed by atoms with Crippen molar-refractivity contribution < 1.29 is 19.4 Å². The minimum atomic E-state index is -0.926. The molecule has 1 aromatic rings. The second-order valence-corrected chi connectivity index (χ2v) is 5.36. The lowest BCUT2D eigenvalue weighted by Gasteiger charge is -2.29. The van der Waals surface area contributed by atoms with Gasteiger partial charge < -0.3 is 14.7 Å². The molecule has 0 unspecified atom stereocenters. The summed E-state index contributed by atoms with van der Waals surface area (Å²) in [6.45, 7) is 4.57. The quantitative estimate of drug-likeness (QED) is 0.675. The molecule has 2 rings (SSSR count). The molecule has 1 amide bonds. The second kappa shape index (κ2) is 7.40. The maximum Gasteiger partial charge on any atom is 0.407 e. The van der Waals surface area contributed by atoms with Gasteiger partial charge in [0.25, 0.3) is 0 Å². The smallest absolute Gasteiger partial charge is 0.407 e. The van der Waals surface area contributed by atoms with Gasteiger partial charge in [-0.15, -0.1) is 0 Å². The number of hydrogen-bond acceptors (Lipinski definition) is 5. The van der Waals surface area contributed by atoms with Crippen molar-refractivity contribution in [1.82, 2.24) is 9.88 Å². The van der Waals surface area contributed by atoms with Gasteiger partial charge in [-0.3, -0.25) is 4.79 Å². The maximum atomic E-state index is 12.0. The van der Waals surface area contributed by atoms with Crippen molar-refractivity contribution >= 4 is 17.8 Å². The zero-order chi connectivity index (χ0) is 16.8. The van der Waals surface area contributed by atoms with Crippen molar-refractivity contribution in [3.05, 3.63) is 36.2 Å². The van der Waals surface area contributed by atoms with Gasteiger partial charge in [-0.25, -0.2) is 9.78 Å². The van der Waals surface area contributed by atoms with Gasteiger partial charge in [-0.2, -0.15) is 5.26 Å². The third kappa shape index (κ3) is 4.54. The first-order chi connectivity index (χ1) is 11.0. The summed E-state index contributed by atoms with van der Waals surface area (Å²) in [6.07, 6.45) is 2.03. The molecule has 0 atom stereocenters. The van der Waals surface area contributed by atoms with E-state index in [1.165, 1.54) is 17.2 Å². The summed E-state index contributed by atoms with van der Waals surface area (Å²) in [6, 6.07) is 5.02. The third-order valence-corrected chi connectivity index (χ3v) is 3.77. The normalized spacial score (nSPS) is 14.8. The number of nitriles is 1. The van der Waals surface area contributed by atoms with Crippen LogP contribution in [0.1, 0.15) is 30.5 Å². The molecular formula is C16H17N3O4. The standard InChI is InChI=1S/C16H17N3O4/c1-11(13-2-5-18-14(9-13)10-17)23-15(20)8-12-3-6-19(7-4-12)16(21)22/h2,5,9,12H,1,3-4,6-8H2,(H,21,22). The Morgan fingerprint density at radius 3 is 2.78 bits per heavy atom. The van der Waals surface area contributed by atoms with Gasteiger partial charge in [0, 0.05) is 31.3 Å². The largest absolute Gasteiger partial charge is 0.465 e.